The number of aliphatic hydroxyl groups is 1. The zero-order valence-corrected chi connectivity index (χ0v) is 9.57. The molecular weight excluding hydrogens is 218 g/mol. The van der Waals surface area contributed by atoms with Crippen LogP contribution in [0.2, 0.25) is 0 Å². The molecule has 0 atom stereocenters. The number of rotatable bonds is 3. The van der Waals surface area contributed by atoms with Gasteiger partial charge in [0.25, 0.3) is 5.91 Å². The summed E-state index contributed by atoms with van der Waals surface area (Å²) in [6.45, 7) is -0.0312. The highest BCUT2D eigenvalue weighted by molar-refractivity contribution is 5.96. The molecule has 0 unspecified atom stereocenters. The van der Waals surface area contributed by atoms with Gasteiger partial charge in [0.15, 0.2) is 0 Å². The fourth-order valence-corrected chi connectivity index (χ4v) is 2.05. The molecule has 1 aromatic rings. The molecule has 6 N–H and O–H groups in total. The monoisotopic (exact) mass is 235 g/mol. The van der Waals surface area contributed by atoms with Crippen LogP contribution in [0.3, 0.4) is 0 Å². The zero-order valence-electron chi connectivity index (χ0n) is 9.57. The maximum absolute atomic E-state index is 12.0. The highest BCUT2D eigenvalue weighted by Crippen LogP contribution is 2.31. The molecule has 0 bridgehead atoms. The van der Waals surface area contributed by atoms with Gasteiger partial charge in [-0.3, -0.25) is 4.79 Å². The number of carbonyl (C=O) groups is 1. The number of nitrogen functional groups attached to an aromatic ring is 2. The second kappa shape index (κ2) is 4.25. The topological polar surface area (TPSA) is 101 Å². The molecule has 0 saturated heterocycles. The number of hydrogen-bond donors (Lipinski definition) is 4. The van der Waals surface area contributed by atoms with Gasteiger partial charge >= 0.3 is 0 Å². The number of benzene rings is 1. The van der Waals surface area contributed by atoms with Crippen molar-refractivity contribution in [2.45, 2.75) is 24.8 Å². The minimum atomic E-state index is -0.448. The van der Waals surface area contributed by atoms with Crippen LogP contribution in [0.5, 0.6) is 0 Å². The lowest BCUT2D eigenvalue weighted by Gasteiger charge is -2.40. The Bertz CT molecular complexity index is 416. The summed E-state index contributed by atoms with van der Waals surface area (Å²) in [7, 11) is 0. The van der Waals surface area contributed by atoms with Crippen LogP contribution in [0.4, 0.5) is 11.4 Å². The average Bonchev–Trinajstić information content (AvgIpc) is 2.21. The van der Waals surface area contributed by atoms with Gasteiger partial charge in [0, 0.05) is 16.9 Å². The van der Waals surface area contributed by atoms with Gasteiger partial charge in [-0.15, -0.1) is 0 Å². The van der Waals surface area contributed by atoms with Gasteiger partial charge in [-0.1, -0.05) is 0 Å². The first-order chi connectivity index (χ1) is 8.04. The van der Waals surface area contributed by atoms with E-state index in [4.69, 9.17) is 11.5 Å². The van der Waals surface area contributed by atoms with Crippen molar-refractivity contribution >= 4 is 17.3 Å². The second-order valence-corrected chi connectivity index (χ2v) is 4.63. The standard InChI is InChI=1S/C12H17N3O2/c13-9-4-8(5-10(14)6-9)11(17)15-12(7-16)2-1-3-12/h4-6,16H,1-3,7,13-14H2,(H,15,17). The number of nitrogens with two attached hydrogens (primary N) is 2. The molecule has 5 nitrogen and oxygen atoms in total. The quantitative estimate of drug-likeness (QED) is 0.573. The highest BCUT2D eigenvalue weighted by Gasteiger charge is 2.37. The maximum Gasteiger partial charge on any atom is 0.251 e. The van der Waals surface area contributed by atoms with E-state index in [-0.39, 0.29) is 12.5 Å². The number of carbonyl (C=O) groups excluding carboxylic acids is 1. The minimum absolute atomic E-state index is 0.0312. The van der Waals surface area contributed by atoms with Gasteiger partial charge in [0.2, 0.25) is 0 Å². The van der Waals surface area contributed by atoms with Crippen molar-refractivity contribution in [3.05, 3.63) is 23.8 Å². The zero-order chi connectivity index (χ0) is 12.5. The first-order valence-electron chi connectivity index (χ1n) is 5.64. The number of aliphatic hydroxyl groups excluding tert-OH is 1. The Morgan fingerprint density at radius 1 is 1.29 bits per heavy atom. The van der Waals surface area contributed by atoms with E-state index in [0.29, 0.717) is 16.9 Å². The van der Waals surface area contributed by atoms with E-state index in [1.54, 1.807) is 18.2 Å². The maximum atomic E-state index is 12.0. The summed E-state index contributed by atoms with van der Waals surface area (Å²) >= 11 is 0. The van der Waals surface area contributed by atoms with Crippen LogP contribution in [0.1, 0.15) is 29.6 Å². The summed E-state index contributed by atoms with van der Waals surface area (Å²) < 4.78 is 0. The first kappa shape index (κ1) is 11.7. The molecule has 1 amide bonds. The molecule has 92 valence electrons. The van der Waals surface area contributed by atoms with E-state index in [2.05, 4.69) is 5.32 Å². The Morgan fingerprint density at radius 2 is 1.88 bits per heavy atom. The third-order valence-corrected chi connectivity index (χ3v) is 3.23. The van der Waals surface area contributed by atoms with Gasteiger partial charge in [-0.2, -0.15) is 0 Å². The number of nitrogens with one attached hydrogen (secondary N) is 1. The van der Waals surface area contributed by atoms with Crippen molar-refractivity contribution in [1.29, 1.82) is 0 Å². The fraction of sp³-hybridized carbons (Fsp3) is 0.417. The van der Waals surface area contributed by atoms with Crippen LogP contribution < -0.4 is 16.8 Å². The molecule has 1 aromatic carbocycles. The smallest absolute Gasteiger partial charge is 0.251 e. The molecule has 0 spiro atoms. The van der Waals surface area contributed by atoms with Gasteiger partial charge in [-0.25, -0.2) is 0 Å². The molecular formula is C12H17N3O2. The molecule has 2 rings (SSSR count). The third-order valence-electron chi connectivity index (χ3n) is 3.23. The summed E-state index contributed by atoms with van der Waals surface area (Å²) in [5.41, 5.74) is 12.2. The lowest BCUT2D eigenvalue weighted by Crippen LogP contribution is -2.56. The van der Waals surface area contributed by atoms with Gasteiger partial charge in [-0.05, 0) is 37.5 Å². The van der Waals surface area contributed by atoms with Gasteiger partial charge in [0.05, 0.1) is 12.1 Å². The second-order valence-electron chi connectivity index (χ2n) is 4.63. The Balaban J connectivity index is 2.14. The van der Waals surface area contributed by atoms with Crippen molar-refractivity contribution in [3.63, 3.8) is 0 Å². The van der Waals surface area contributed by atoms with E-state index >= 15 is 0 Å². The SMILES string of the molecule is Nc1cc(N)cc(C(=O)NC2(CO)CCC2)c1. The molecule has 5 heteroatoms. The average molecular weight is 235 g/mol. The molecule has 1 aliphatic carbocycles. The number of anilines is 2. The van der Waals surface area contributed by atoms with E-state index < -0.39 is 5.54 Å². The molecule has 1 fully saturated rings. The molecule has 0 heterocycles. The van der Waals surface area contributed by atoms with Crippen LogP contribution in [0.25, 0.3) is 0 Å². The van der Waals surface area contributed by atoms with E-state index in [1.165, 1.54) is 0 Å². The number of amides is 1. The molecule has 0 aromatic heterocycles. The normalized spacial score (nSPS) is 17.2. The largest absolute Gasteiger partial charge is 0.399 e. The molecule has 17 heavy (non-hydrogen) atoms. The summed E-state index contributed by atoms with van der Waals surface area (Å²) in [5, 5.41) is 12.1. The van der Waals surface area contributed by atoms with Crippen molar-refractivity contribution in [1.82, 2.24) is 5.32 Å². The van der Waals surface area contributed by atoms with Crippen molar-refractivity contribution in [2.24, 2.45) is 0 Å². The molecule has 0 radical (unpaired) electrons. The van der Waals surface area contributed by atoms with Crippen molar-refractivity contribution in [2.75, 3.05) is 18.1 Å². The summed E-state index contributed by atoms with van der Waals surface area (Å²) in [4.78, 5) is 12.0. The fourth-order valence-electron chi connectivity index (χ4n) is 2.05. The Hall–Kier alpha value is -1.75. The lowest BCUT2D eigenvalue weighted by molar-refractivity contribution is 0.0642. The van der Waals surface area contributed by atoms with Crippen molar-refractivity contribution in [3.8, 4) is 0 Å². The van der Waals surface area contributed by atoms with Gasteiger partial charge in [0.1, 0.15) is 0 Å². The highest BCUT2D eigenvalue weighted by atomic mass is 16.3. The van der Waals surface area contributed by atoms with Crippen LogP contribution in [-0.2, 0) is 0 Å². The predicted molar refractivity (Wildman–Crippen MR) is 66.4 cm³/mol. The lowest BCUT2D eigenvalue weighted by atomic mass is 9.77. The molecule has 0 aliphatic heterocycles. The van der Waals surface area contributed by atoms with Crippen LogP contribution >= 0.6 is 0 Å². The van der Waals surface area contributed by atoms with Crippen molar-refractivity contribution < 1.29 is 9.90 Å². The predicted octanol–water partition coefficient (Wildman–Crippen LogP) is 0.496. The Kier molecular flexibility index (Phi) is 2.93. The summed E-state index contributed by atoms with van der Waals surface area (Å²) in [6.07, 6.45) is 2.65. The van der Waals surface area contributed by atoms with E-state index in [0.717, 1.165) is 19.3 Å². The number of hydrogen-bond acceptors (Lipinski definition) is 4. The van der Waals surface area contributed by atoms with E-state index in [1.807, 2.05) is 0 Å². The molecule has 1 saturated carbocycles. The van der Waals surface area contributed by atoms with Crippen LogP contribution in [0.15, 0.2) is 18.2 Å². The van der Waals surface area contributed by atoms with Gasteiger partial charge < -0.3 is 21.9 Å². The Morgan fingerprint density at radius 3 is 2.29 bits per heavy atom. The third kappa shape index (κ3) is 2.34. The minimum Gasteiger partial charge on any atom is -0.399 e. The summed E-state index contributed by atoms with van der Waals surface area (Å²) in [5.74, 6) is -0.238. The van der Waals surface area contributed by atoms with Crippen LogP contribution in [-0.4, -0.2) is 23.2 Å². The van der Waals surface area contributed by atoms with Crippen LogP contribution in [0, 0.1) is 0 Å². The van der Waals surface area contributed by atoms with E-state index in [9.17, 15) is 9.90 Å². The molecule has 1 aliphatic rings. The summed E-state index contributed by atoms with van der Waals surface area (Å²) in [6, 6.07) is 4.76. The Labute approximate surface area is 99.8 Å². The first-order valence-corrected chi connectivity index (χ1v) is 5.64.